The average Bonchev–Trinajstić information content (AvgIpc) is 2.85. The van der Waals surface area contributed by atoms with Crippen LogP contribution in [0.5, 0.6) is 0 Å². The molecule has 0 aliphatic carbocycles. The number of rotatable bonds is 5. The van der Waals surface area contributed by atoms with Crippen LogP contribution in [0.1, 0.15) is 19.3 Å². The fourth-order valence-electron chi connectivity index (χ4n) is 2.99. The molecule has 2 aliphatic rings. The van der Waals surface area contributed by atoms with E-state index in [1.807, 2.05) is 0 Å². The molecule has 2 aliphatic heterocycles. The average molecular weight is 298 g/mol. The summed E-state index contributed by atoms with van der Waals surface area (Å²) in [6.45, 7) is 2.21. The van der Waals surface area contributed by atoms with Crippen molar-refractivity contribution in [2.45, 2.75) is 19.3 Å². The van der Waals surface area contributed by atoms with Crippen molar-refractivity contribution in [1.29, 1.82) is 0 Å². The van der Waals surface area contributed by atoms with E-state index in [0.717, 1.165) is 0 Å². The van der Waals surface area contributed by atoms with Gasteiger partial charge in [-0.3, -0.25) is 14.4 Å². The van der Waals surface area contributed by atoms with Crippen LogP contribution in [0.15, 0.2) is 0 Å². The van der Waals surface area contributed by atoms with E-state index in [2.05, 4.69) is 0 Å². The molecule has 2 amide bonds. The highest BCUT2D eigenvalue weighted by Gasteiger charge is 2.38. The van der Waals surface area contributed by atoms with Crippen molar-refractivity contribution in [1.82, 2.24) is 9.80 Å². The molecule has 0 aromatic heterocycles. The van der Waals surface area contributed by atoms with E-state index in [1.165, 1.54) is 0 Å². The monoisotopic (exact) mass is 298 g/mol. The summed E-state index contributed by atoms with van der Waals surface area (Å²) in [6.07, 6.45) is 1.54. The zero-order valence-electron chi connectivity index (χ0n) is 12.3. The number of amides is 2. The number of likely N-dealkylation sites (tertiary alicyclic amines) is 2. The molecular weight excluding hydrogens is 276 g/mol. The highest BCUT2D eigenvalue weighted by atomic mass is 16.5. The number of nitrogens with zero attached hydrogens (tertiary/aromatic N) is 2. The first-order valence-electron chi connectivity index (χ1n) is 7.31. The number of hydrogen-bond acceptors (Lipinski definition) is 4. The van der Waals surface area contributed by atoms with Crippen molar-refractivity contribution in [3.63, 3.8) is 0 Å². The molecule has 2 fully saturated rings. The number of methoxy groups -OCH3 is 1. The predicted octanol–water partition coefficient (Wildman–Crippen LogP) is -0.195. The third-order valence-electron chi connectivity index (χ3n) is 4.21. The van der Waals surface area contributed by atoms with Crippen molar-refractivity contribution >= 4 is 17.8 Å². The second-order valence-electron chi connectivity index (χ2n) is 5.70. The van der Waals surface area contributed by atoms with Gasteiger partial charge in [0.1, 0.15) is 0 Å². The number of aliphatic carboxylic acids is 1. The maximum absolute atomic E-state index is 12.5. The molecule has 2 atom stereocenters. The molecule has 7 nitrogen and oxygen atoms in total. The van der Waals surface area contributed by atoms with Crippen LogP contribution >= 0.6 is 0 Å². The predicted molar refractivity (Wildman–Crippen MR) is 73.5 cm³/mol. The van der Waals surface area contributed by atoms with Crippen LogP contribution in [0.25, 0.3) is 0 Å². The first-order valence-corrected chi connectivity index (χ1v) is 7.31. The minimum atomic E-state index is -0.850. The van der Waals surface area contributed by atoms with E-state index >= 15 is 0 Å². The Labute approximate surface area is 123 Å². The number of carboxylic acids is 1. The molecule has 2 unspecified atom stereocenters. The van der Waals surface area contributed by atoms with E-state index in [9.17, 15) is 14.4 Å². The largest absolute Gasteiger partial charge is 0.481 e. The van der Waals surface area contributed by atoms with Gasteiger partial charge in [-0.2, -0.15) is 0 Å². The van der Waals surface area contributed by atoms with Crippen molar-refractivity contribution < 1.29 is 24.2 Å². The minimum absolute atomic E-state index is 0.0304. The van der Waals surface area contributed by atoms with Gasteiger partial charge in [-0.25, -0.2) is 0 Å². The quantitative estimate of drug-likeness (QED) is 0.760. The molecule has 0 aromatic rings. The molecule has 0 saturated carbocycles. The molecule has 0 aromatic carbocycles. The minimum Gasteiger partial charge on any atom is -0.481 e. The number of hydrogen-bond donors (Lipinski definition) is 1. The molecular formula is C14H22N2O5. The van der Waals surface area contributed by atoms with Crippen molar-refractivity contribution in [3.05, 3.63) is 0 Å². The second-order valence-corrected chi connectivity index (χ2v) is 5.70. The summed E-state index contributed by atoms with van der Waals surface area (Å²) in [5, 5.41) is 9.07. The summed E-state index contributed by atoms with van der Waals surface area (Å²) in [6, 6.07) is 0. The van der Waals surface area contributed by atoms with Crippen molar-refractivity contribution in [2.75, 3.05) is 39.9 Å². The summed E-state index contributed by atoms with van der Waals surface area (Å²) in [7, 11) is 1.57. The van der Waals surface area contributed by atoms with Gasteiger partial charge in [0.25, 0.3) is 0 Å². The lowest BCUT2D eigenvalue weighted by atomic mass is 9.96. The Morgan fingerprint density at radius 2 is 2.10 bits per heavy atom. The zero-order valence-corrected chi connectivity index (χ0v) is 12.3. The molecule has 0 radical (unpaired) electrons. The molecule has 7 heteroatoms. The molecule has 118 valence electrons. The maximum Gasteiger partial charge on any atom is 0.308 e. The topological polar surface area (TPSA) is 87.2 Å². The van der Waals surface area contributed by atoms with E-state index in [-0.39, 0.29) is 30.7 Å². The highest BCUT2D eigenvalue weighted by molar-refractivity contribution is 5.89. The van der Waals surface area contributed by atoms with Crippen LogP contribution in [0.3, 0.4) is 0 Å². The van der Waals surface area contributed by atoms with Crippen molar-refractivity contribution in [2.24, 2.45) is 11.8 Å². The Hall–Kier alpha value is -1.63. The van der Waals surface area contributed by atoms with Gasteiger partial charge in [-0.05, 0) is 12.8 Å². The summed E-state index contributed by atoms with van der Waals surface area (Å²) in [5.74, 6) is -1.80. The number of carboxylic acid groups (broad SMARTS) is 1. The van der Waals surface area contributed by atoms with Gasteiger partial charge in [0, 0.05) is 39.7 Å². The van der Waals surface area contributed by atoms with Crippen LogP contribution in [-0.4, -0.2) is 72.6 Å². The van der Waals surface area contributed by atoms with E-state index < -0.39 is 11.9 Å². The van der Waals surface area contributed by atoms with Crippen LogP contribution in [0, 0.1) is 11.8 Å². The normalized spacial score (nSPS) is 26.2. The van der Waals surface area contributed by atoms with Crippen LogP contribution in [-0.2, 0) is 19.1 Å². The standard InChI is InChI=1S/C14H22N2O5/c1-21-6-5-15-9-11(7-12(15)17)13(18)16-4-2-3-10(8-16)14(19)20/h10-11H,2-9H2,1H3,(H,19,20). The van der Waals surface area contributed by atoms with Crippen LogP contribution < -0.4 is 0 Å². The SMILES string of the molecule is COCCN1CC(C(=O)N2CCCC(C(=O)O)C2)CC1=O. The Kier molecular flexibility index (Phi) is 5.17. The maximum atomic E-state index is 12.5. The van der Waals surface area contributed by atoms with Gasteiger partial charge in [0.15, 0.2) is 0 Å². The van der Waals surface area contributed by atoms with Crippen molar-refractivity contribution in [3.8, 4) is 0 Å². The molecule has 0 spiro atoms. The zero-order chi connectivity index (χ0) is 15.4. The molecule has 0 bridgehead atoms. The molecule has 2 saturated heterocycles. The third-order valence-corrected chi connectivity index (χ3v) is 4.21. The van der Waals surface area contributed by atoms with Gasteiger partial charge in [0.2, 0.25) is 11.8 Å². The summed E-state index contributed by atoms with van der Waals surface area (Å²) in [5.41, 5.74) is 0. The number of piperidine rings is 1. The van der Waals surface area contributed by atoms with E-state index in [1.54, 1.807) is 16.9 Å². The molecule has 2 rings (SSSR count). The Balaban J connectivity index is 1.91. The molecule has 2 heterocycles. The van der Waals surface area contributed by atoms with Gasteiger partial charge >= 0.3 is 5.97 Å². The Bertz CT molecular complexity index is 426. The second kappa shape index (κ2) is 6.89. The number of carbonyl (C=O) groups excluding carboxylic acids is 2. The van der Waals surface area contributed by atoms with Crippen LogP contribution in [0.4, 0.5) is 0 Å². The van der Waals surface area contributed by atoms with Gasteiger partial charge in [-0.15, -0.1) is 0 Å². The third kappa shape index (κ3) is 3.72. The van der Waals surface area contributed by atoms with Gasteiger partial charge < -0.3 is 19.6 Å². The van der Waals surface area contributed by atoms with E-state index in [0.29, 0.717) is 39.1 Å². The van der Waals surface area contributed by atoms with E-state index in [4.69, 9.17) is 9.84 Å². The lowest BCUT2D eigenvalue weighted by molar-refractivity contribution is -0.146. The summed E-state index contributed by atoms with van der Waals surface area (Å²) >= 11 is 0. The van der Waals surface area contributed by atoms with Crippen LogP contribution in [0.2, 0.25) is 0 Å². The number of ether oxygens (including phenoxy) is 1. The fraction of sp³-hybridized carbons (Fsp3) is 0.786. The smallest absolute Gasteiger partial charge is 0.308 e. The summed E-state index contributed by atoms with van der Waals surface area (Å²) < 4.78 is 4.95. The Morgan fingerprint density at radius 3 is 2.76 bits per heavy atom. The molecule has 1 N–H and O–H groups in total. The first-order chi connectivity index (χ1) is 10.0. The lowest BCUT2D eigenvalue weighted by Gasteiger charge is -2.32. The highest BCUT2D eigenvalue weighted by Crippen LogP contribution is 2.24. The summed E-state index contributed by atoms with van der Waals surface area (Å²) in [4.78, 5) is 38.6. The van der Waals surface area contributed by atoms with Gasteiger partial charge in [0.05, 0.1) is 18.4 Å². The Morgan fingerprint density at radius 1 is 1.33 bits per heavy atom. The van der Waals surface area contributed by atoms with Gasteiger partial charge in [-0.1, -0.05) is 0 Å². The first kappa shape index (κ1) is 15.8. The number of carbonyl (C=O) groups is 3. The fourth-order valence-corrected chi connectivity index (χ4v) is 2.99. The lowest BCUT2D eigenvalue weighted by Crippen LogP contribution is -2.45. The molecule has 21 heavy (non-hydrogen) atoms.